The van der Waals surface area contributed by atoms with Gasteiger partial charge < -0.3 is 0 Å². The highest BCUT2D eigenvalue weighted by Gasteiger charge is 2.20. The molecule has 0 spiro atoms. The molecule has 0 rings (SSSR count). The Morgan fingerprint density at radius 1 is 1.06 bits per heavy atom. The first-order valence-corrected chi connectivity index (χ1v) is 6.11. The second kappa shape index (κ2) is 5.31. The normalized spacial score (nSPS) is 17.6. The highest BCUT2D eigenvalue weighted by Crippen LogP contribution is 2.22. The maximum Gasteiger partial charge on any atom is 0.217 e. The third-order valence-electron chi connectivity index (χ3n) is 2.90. The van der Waals surface area contributed by atoms with Crippen molar-refractivity contribution in [2.45, 2.75) is 61.4 Å². The number of halogens is 1. The molecule has 0 aliphatic carbocycles. The molecule has 0 saturated heterocycles. The fraction of sp³-hybridized carbons (Fsp3) is 0.846. The van der Waals surface area contributed by atoms with E-state index in [1.165, 1.54) is 0 Å². The first-order valence-electron chi connectivity index (χ1n) is 5.73. The van der Waals surface area contributed by atoms with Crippen molar-refractivity contribution >= 4 is 22.6 Å². The van der Waals surface area contributed by atoms with Crippen LogP contribution in [-0.2, 0) is 0 Å². The maximum absolute atomic E-state index is 6.05. The number of amidine groups is 1. The predicted molar refractivity (Wildman–Crippen MR) is 74.8 cm³/mol. The molecule has 3 heteroatoms. The van der Waals surface area contributed by atoms with E-state index in [1.54, 1.807) is 0 Å². The third-order valence-corrected chi connectivity index (χ3v) is 3.08. The lowest BCUT2D eigenvalue weighted by Gasteiger charge is -2.23. The predicted octanol–water partition coefficient (Wildman–Crippen LogP) is 4.52. The van der Waals surface area contributed by atoms with Crippen LogP contribution in [0.2, 0.25) is 0 Å². The van der Waals surface area contributed by atoms with Crippen LogP contribution in [-0.4, -0.2) is 17.0 Å². The molecule has 0 aromatic rings. The Bertz CT molecular complexity index is 290. The summed E-state index contributed by atoms with van der Waals surface area (Å²) in [4.78, 5) is 8.73. The Hall–Kier alpha value is -0.370. The number of aliphatic imine (C=N–C) groups is 2. The lowest BCUT2D eigenvalue weighted by Crippen LogP contribution is -2.22. The summed E-state index contributed by atoms with van der Waals surface area (Å²) in [6.45, 7) is 16.8. The van der Waals surface area contributed by atoms with Crippen molar-refractivity contribution in [2.75, 3.05) is 0 Å². The van der Waals surface area contributed by atoms with E-state index in [-0.39, 0.29) is 16.9 Å². The van der Waals surface area contributed by atoms with Gasteiger partial charge in [0.2, 0.25) is 5.29 Å². The zero-order valence-electron chi connectivity index (χ0n) is 11.8. The topological polar surface area (TPSA) is 24.7 Å². The average Bonchev–Trinajstić information content (AvgIpc) is 1.99. The van der Waals surface area contributed by atoms with Crippen molar-refractivity contribution in [1.82, 2.24) is 0 Å². The second-order valence-electron chi connectivity index (χ2n) is 6.39. The van der Waals surface area contributed by atoms with E-state index in [2.05, 4.69) is 58.5 Å². The molecule has 0 aromatic carbocycles. The van der Waals surface area contributed by atoms with Gasteiger partial charge >= 0.3 is 0 Å². The summed E-state index contributed by atoms with van der Waals surface area (Å²) in [6, 6.07) is 0.163. The van der Waals surface area contributed by atoms with Crippen molar-refractivity contribution in [1.29, 1.82) is 0 Å². The minimum atomic E-state index is 0.0423. The molecule has 16 heavy (non-hydrogen) atoms. The van der Waals surface area contributed by atoms with Crippen molar-refractivity contribution in [2.24, 2.45) is 20.8 Å². The van der Waals surface area contributed by atoms with Gasteiger partial charge in [-0.3, -0.25) is 4.99 Å². The van der Waals surface area contributed by atoms with Gasteiger partial charge in [0.15, 0.2) is 0 Å². The molecule has 1 unspecified atom stereocenters. The van der Waals surface area contributed by atoms with Crippen molar-refractivity contribution in [3.05, 3.63) is 0 Å². The molecule has 94 valence electrons. The summed E-state index contributed by atoms with van der Waals surface area (Å²) >= 11 is 6.05. The van der Waals surface area contributed by atoms with Crippen LogP contribution >= 0.6 is 11.6 Å². The van der Waals surface area contributed by atoms with Crippen LogP contribution in [0.15, 0.2) is 9.98 Å². The number of rotatable bonds is 1. The Labute approximate surface area is 105 Å². The molecule has 0 N–H and O–H groups in total. The molecule has 1 atom stereocenters. The van der Waals surface area contributed by atoms with Gasteiger partial charge in [0, 0.05) is 11.1 Å². The summed E-state index contributed by atoms with van der Waals surface area (Å²) in [6.07, 6.45) is 0. The van der Waals surface area contributed by atoms with E-state index in [0.29, 0.717) is 5.29 Å². The van der Waals surface area contributed by atoms with E-state index < -0.39 is 0 Å². The van der Waals surface area contributed by atoms with Crippen molar-refractivity contribution < 1.29 is 0 Å². The summed E-state index contributed by atoms with van der Waals surface area (Å²) < 4.78 is 0. The van der Waals surface area contributed by atoms with Crippen LogP contribution in [0, 0.1) is 10.8 Å². The molecule has 0 aliphatic heterocycles. The molecule has 0 aliphatic rings. The molecule has 0 bridgehead atoms. The van der Waals surface area contributed by atoms with E-state index >= 15 is 0 Å². The molecular weight excluding hydrogens is 220 g/mol. The van der Waals surface area contributed by atoms with Gasteiger partial charge in [-0.15, -0.1) is 0 Å². The summed E-state index contributed by atoms with van der Waals surface area (Å²) in [5.41, 5.74) is 1.16. The minimum absolute atomic E-state index is 0.0423. The van der Waals surface area contributed by atoms with Gasteiger partial charge in [-0.25, -0.2) is 4.99 Å². The Balaban J connectivity index is 4.84. The van der Waals surface area contributed by atoms with Crippen LogP contribution in [0.3, 0.4) is 0 Å². The summed E-state index contributed by atoms with van der Waals surface area (Å²) in [5, 5.41) is 0.356. The fourth-order valence-corrected chi connectivity index (χ4v) is 0.962. The first kappa shape index (κ1) is 15.6. The van der Waals surface area contributed by atoms with E-state index in [4.69, 9.17) is 11.6 Å². The second-order valence-corrected chi connectivity index (χ2v) is 6.73. The van der Waals surface area contributed by atoms with Crippen molar-refractivity contribution in [3.8, 4) is 0 Å². The largest absolute Gasteiger partial charge is 0.253 e. The van der Waals surface area contributed by atoms with Gasteiger partial charge in [0.1, 0.15) is 0 Å². The van der Waals surface area contributed by atoms with Crippen LogP contribution in [0.5, 0.6) is 0 Å². The Morgan fingerprint density at radius 3 is 1.81 bits per heavy atom. The fourth-order valence-electron chi connectivity index (χ4n) is 0.688. The monoisotopic (exact) mass is 244 g/mol. The van der Waals surface area contributed by atoms with Gasteiger partial charge in [-0.05, 0) is 30.9 Å². The van der Waals surface area contributed by atoms with Gasteiger partial charge in [-0.1, -0.05) is 41.5 Å². The molecule has 0 heterocycles. The smallest absolute Gasteiger partial charge is 0.217 e. The number of hydrogen-bond acceptors (Lipinski definition) is 1. The summed E-state index contributed by atoms with van der Waals surface area (Å²) in [7, 11) is 0. The molecular formula is C13H25ClN2. The molecule has 0 radical (unpaired) electrons. The van der Waals surface area contributed by atoms with Crippen LogP contribution in [0.25, 0.3) is 0 Å². The molecule has 0 aromatic heterocycles. The highest BCUT2D eigenvalue weighted by atomic mass is 35.5. The van der Waals surface area contributed by atoms with E-state index in [0.717, 1.165) is 5.71 Å². The third kappa shape index (κ3) is 5.64. The lowest BCUT2D eigenvalue weighted by molar-refractivity contribution is 0.342. The van der Waals surface area contributed by atoms with E-state index in [9.17, 15) is 0 Å². The van der Waals surface area contributed by atoms with Crippen LogP contribution < -0.4 is 0 Å². The zero-order chi connectivity index (χ0) is 13.1. The number of hydrogen-bond donors (Lipinski definition) is 0. The SMILES string of the molecule is C/C(=N\C(Cl)=NC(C)C(C)(C)C)C(C)(C)C. The highest BCUT2D eigenvalue weighted by molar-refractivity contribution is 6.65. The Morgan fingerprint density at radius 2 is 1.50 bits per heavy atom. The van der Waals surface area contributed by atoms with Crippen LogP contribution in [0.1, 0.15) is 55.4 Å². The van der Waals surface area contributed by atoms with Crippen LogP contribution in [0.4, 0.5) is 0 Å². The first-order chi connectivity index (χ1) is 6.94. The van der Waals surface area contributed by atoms with Crippen molar-refractivity contribution in [3.63, 3.8) is 0 Å². The minimum Gasteiger partial charge on any atom is -0.253 e. The molecule has 2 nitrogen and oxygen atoms in total. The maximum atomic E-state index is 6.05. The Kier molecular flexibility index (Phi) is 5.18. The number of nitrogens with zero attached hydrogens (tertiary/aromatic N) is 2. The standard InChI is InChI=1S/C13H25ClN2/c1-9(12(3,4)5)15-11(14)16-10(2)13(6,7)8/h9H,1-8H3/b15-11?,16-10+. The van der Waals surface area contributed by atoms with Gasteiger partial charge in [0.05, 0.1) is 6.04 Å². The quantitative estimate of drug-likeness (QED) is 0.368. The lowest BCUT2D eigenvalue weighted by atomic mass is 9.89. The zero-order valence-corrected chi connectivity index (χ0v) is 12.6. The van der Waals surface area contributed by atoms with Gasteiger partial charge in [-0.2, -0.15) is 0 Å². The average molecular weight is 245 g/mol. The van der Waals surface area contributed by atoms with Gasteiger partial charge in [0.25, 0.3) is 0 Å². The molecule has 0 fully saturated rings. The van der Waals surface area contributed by atoms with E-state index in [1.807, 2.05) is 6.92 Å². The summed E-state index contributed by atoms with van der Waals surface area (Å²) in [5.74, 6) is 0. The molecule has 0 saturated carbocycles. The molecule has 0 amide bonds.